The van der Waals surface area contributed by atoms with Crippen LogP contribution >= 0.6 is 0 Å². The van der Waals surface area contributed by atoms with Gasteiger partial charge in [-0.3, -0.25) is 4.89 Å². The summed E-state index contributed by atoms with van der Waals surface area (Å²) in [6, 6.07) is 9.50. The van der Waals surface area contributed by atoms with Gasteiger partial charge < -0.3 is 5.11 Å². The first kappa shape index (κ1) is 19.4. The lowest BCUT2D eigenvalue weighted by Crippen LogP contribution is -2.09. The van der Waals surface area contributed by atoms with E-state index in [1.54, 1.807) is 6.08 Å². The lowest BCUT2D eigenvalue weighted by molar-refractivity contribution is -0.267. The fourth-order valence-electron chi connectivity index (χ4n) is 2.18. The zero-order chi connectivity index (χ0) is 16.8. The predicted octanol–water partition coefficient (Wildman–Crippen LogP) is 4.29. The van der Waals surface area contributed by atoms with E-state index >= 15 is 0 Å². The van der Waals surface area contributed by atoms with E-state index in [4.69, 9.17) is 4.89 Å². The summed E-state index contributed by atoms with van der Waals surface area (Å²) in [6.07, 6.45) is 9.56. The normalized spacial score (nSPS) is 12.4. The molecule has 0 amide bonds. The molecule has 0 heterocycles. The molecule has 0 radical (unpaired) electrons. The van der Waals surface area contributed by atoms with Gasteiger partial charge in [-0.05, 0) is 30.9 Å². The Morgan fingerprint density at radius 1 is 1.13 bits per heavy atom. The monoisotopic (exact) mass is 320 g/mol. The van der Waals surface area contributed by atoms with Crippen LogP contribution in [0.25, 0.3) is 6.08 Å². The highest BCUT2D eigenvalue weighted by Crippen LogP contribution is 2.09. The number of hydrogen-bond donors (Lipinski definition) is 1. The van der Waals surface area contributed by atoms with Crippen LogP contribution in [-0.4, -0.2) is 23.8 Å². The number of aliphatic hydroxyl groups excluding tert-OH is 1. The molecule has 23 heavy (non-hydrogen) atoms. The number of hydrogen-bond acceptors (Lipinski definition) is 4. The van der Waals surface area contributed by atoms with Crippen LogP contribution in [0.3, 0.4) is 0 Å². The van der Waals surface area contributed by atoms with Gasteiger partial charge in [0.05, 0.1) is 12.7 Å². The lowest BCUT2D eigenvalue weighted by Gasteiger charge is -2.09. The average Bonchev–Trinajstić information content (AvgIpc) is 2.57. The standard InChI is InChI=1S/C19H28O4/c1-2-3-4-8-12-18(20)13-9-16-22-23-19(21)15-14-17-10-6-5-7-11-17/h5-7,10-11,14-15,18,20H,2-4,8-9,12-13,16H2,1H3. The Morgan fingerprint density at radius 2 is 1.87 bits per heavy atom. The number of aliphatic hydroxyl groups is 1. The van der Waals surface area contributed by atoms with Crippen LogP contribution in [0.15, 0.2) is 36.4 Å². The molecule has 1 aromatic rings. The zero-order valence-electron chi connectivity index (χ0n) is 13.9. The molecular weight excluding hydrogens is 292 g/mol. The van der Waals surface area contributed by atoms with E-state index in [-0.39, 0.29) is 6.10 Å². The van der Waals surface area contributed by atoms with Crippen molar-refractivity contribution in [3.63, 3.8) is 0 Å². The fraction of sp³-hybridized carbons (Fsp3) is 0.526. The molecular formula is C19H28O4. The Bertz CT molecular complexity index is 442. The minimum atomic E-state index is -0.533. The highest BCUT2D eigenvalue weighted by atomic mass is 17.2. The summed E-state index contributed by atoms with van der Waals surface area (Å²) in [5.41, 5.74) is 0.927. The van der Waals surface area contributed by atoms with E-state index in [1.165, 1.54) is 25.3 Å². The second kappa shape index (κ2) is 12.9. The summed E-state index contributed by atoms with van der Waals surface area (Å²) >= 11 is 0. The number of benzene rings is 1. The molecule has 128 valence electrons. The van der Waals surface area contributed by atoms with Gasteiger partial charge in [-0.25, -0.2) is 4.79 Å². The van der Waals surface area contributed by atoms with Crippen molar-refractivity contribution in [1.29, 1.82) is 0 Å². The molecule has 0 saturated carbocycles. The van der Waals surface area contributed by atoms with Crippen molar-refractivity contribution in [2.45, 2.75) is 58.0 Å². The van der Waals surface area contributed by atoms with Gasteiger partial charge in [0.2, 0.25) is 0 Å². The van der Waals surface area contributed by atoms with Gasteiger partial charge in [0.1, 0.15) is 0 Å². The maximum Gasteiger partial charge on any atom is 0.365 e. The van der Waals surface area contributed by atoms with E-state index in [0.717, 1.165) is 18.4 Å². The predicted molar refractivity (Wildman–Crippen MR) is 91.5 cm³/mol. The quantitative estimate of drug-likeness (QED) is 0.270. The van der Waals surface area contributed by atoms with Crippen molar-refractivity contribution in [3.05, 3.63) is 42.0 Å². The summed E-state index contributed by atoms with van der Waals surface area (Å²) in [6.45, 7) is 2.47. The molecule has 0 aromatic heterocycles. The van der Waals surface area contributed by atoms with E-state index in [2.05, 4.69) is 11.8 Å². The van der Waals surface area contributed by atoms with Crippen molar-refractivity contribution in [2.75, 3.05) is 6.61 Å². The van der Waals surface area contributed by atoms with Crippen LogP contribution in [0.2, 0.25) is 0 Å². The molecule has 1 N–H and O–H groups in total. The molecule has 0 fully saturated rings. The van der Waals surface area contributed by atoms with Crippen LogP contribution in [0.5, 0.6) is 0 Å². The molecule has 0 bridgehead atoms. The van der Waals surface area contributed by atoms with E-state index in [0.29, 0.717) is 19.4 Å². The van der Waals surface area contributed by atoms with E-state index in [9.17, 15) is 9.90 Å². The van der Waals surface area contributed by atoms with Crippen LogP contribution < -0.4 is 0 Å². The highest BCUT2D eigenvalue weighted by Gasteiger charge is 2.04. The summed E-state index contributed by atoms with van der Waals surface area (Å²) in [7, 11) is 0. The number of carbonyl (C=O) groups is 1. The van der Waals surface area contributed by atoms with Gasteiger partial charge in [-0.2, -0.15) is 4.89 Å². The third kappa shape index (κ3) is 10.7. The Hall–Kier alpha value is -1.65. The Labute approximate surface area is 139 Å². The third-order valence-corrected chi connectivity index (χ3v) is 3.51. The molecule has 1 rings (SSSR count). The maximum absolute atomic E-state index is 11.4. The van der Waals surface area contributed by atoms with Gasteiger partial charge in [-0.15, -0.1) is 0 Å². The number of rotatable bonds is 12. The molecule has 4 nitrogen and oxygen atoms in total. The molecule has 0 saturated heterocycles. The first-order valence-electron chi connectivity index (χ1n) is 8.47. The first-order chi connectivity index (χ1) is 11.2. The van der Waals surface area contributed by atoms with Gasteiger partial charge in [0, 0.05) is 6.08 Å². The molecule has 0 aliphatic carbocycles. The molecule has 1 atom stereocenters. The van der Waals surface area contributed by atoms with Crippen molar-refractivity contribution < 1.29 is 19.7 Å². The molecule has 1 aromatic carbocycles. The first-order valence-corrected chi connectivity index (χ1v) is 8.47. The number of unbranched alkanes of at least 4 members (excludes halogenated alkanes) is 3. The Balaban J connectivity index is 2.01. The second-order valence-electron chi connectivity index (χ2n) is 5.61. The summed E-state index contributed by atoms with van der Waals surface area (Å²) < 4.78 is 0. The summed E-state index contributed by atoms with van der Waals surface area (Å²) in [5.74, 6) is -0.533. The van der Waals surface area contributed by atoms with Gasteiger partial charge in [0.25, 0.3) is 0 Å². The molecule has 0 spiro atoms. The fourth-order valence-corrected chi connectivity index (χ4v) is 2.18. The zero-order valence-corrected chi connectivity index (χ0v) is 13.9. The van der Waals surface area contributed by atoms with E-state index in [1.807, 2.05) is 30.3 Å². The molecule has 1 unspecified atom stereocenters. The van der Waals surface area contributed by atoms with Gasteiger partial charge in [0.15, 0.2) is 0 Å². The van der Waals surface area contributed by atoms with Crippen molar-refractivity contribution in [2.24, 2.45) is 0 Å². The minimum absolute atomic E-state index is 0.288. The summed E-state index contributed by atoms with van der Waals surface area (Å²) in [4.78, 5) is 20.9. The third-order valence-electron chi connectivity index (χ3n) is 3.51. The smallest absolute Gasteiger partial charge is 0.365 e. The van der Waals surface area contributed by atoms with Crippen molar-refractivity contribution in [1.82, 2.24) is 0 Å². The lowest BCUT2D eigenvalue weighted by atomic mass is 10.1. The van der Waals surface area contributed by atoms with Crippen LogP contribution in [0, 0.1) is 0 Å². The summed E-state index contributed by atoms with van der Waals surface area (Å²) in [5, 5.41) is 9.79. The largest absolute Gasteiger partial charge is 0.393 e. The second-order valence-corrected chi connectivity index (χ2v) is 5.61. The van der Waals surface area contributed by atoms with E-state index < -0.39 is 5.97 Å². The Morgan fingerprint density at radius 3 is 2.61 bits per heavy atom. The van der Waals surface area contributed by atoms with Crippen molar-refractivity contribution in [3.8, 4) is 0 Å². The van der Waals surface area contributed by atoms with Gasteiger partial charge in [-0.1, -0.05) is 62.9 Å². The van der Waals surface area contributed by atoms with Crippen LogP contribution in [0.1, 0.15) is 57.4 Å². The number of carbonyl (C=O) groups excluding carboxylic acids is 1. The highest BCUT2D eigenvalue weighted by molar-refractivity contribution is 5.86. The average molecular weight is 320 g/mol. The molecule has 0 aliphatic heterocycles. The SMILES string of the molecule is CCCCCCC(O)CCCOOC(=O)C=Cc1ccccc1. The Kier molecular flexibility index (Phi) is 10.8. The van der Waals surface area contributed by atoms with Crippen LogP contribution in [-0.2, 0) is 14.6 Å². The minimum Gasteiger partial charge on any atom is -0.393 e. The van der Waals surface area contributed by atoms with Crippen LogP contribution in [0.4, 0.5) is 0 Å². The maximum atomic E-state index is 11.4. The van der Waals surface area contributed by atoms with Crippen molar-refractivity contribution >= 4 is 12.0 Å². The topological polar surface area (TPSA) is 55.8 Å². The molecule has 0 aliphatic rings. The van der Waals surface area contributed by atoms with Gasteiger partial charge >= 0.3 is 5.97 Å². The molecule has 4 heteroatoms.